The number of fused-ring (bicyclic) bond motifs is 1. The van der Waals surface area contributed by atoms with Crippen LogP contribution in [0.5, 0.6) is 0 Å². The molecule has 0 aliphatic heterocycles. The summed E-state index contributed by atoms with van der Waals surface area (Å²) in [5.74, 6) is -0.802. The van der Waals surface area contributed by atoms with Crippen molar-refractivity contribution in [2.75, 3.05) is 24.3 Å². The van der Waals surface area contributed by atoms with Crippen molar-refractivity contribution in [1.82, 2.24) is 10.3 Å². The highest BCUT2D eigenvalue weighted by Gasteiger charge is 2.34. The average Bonchev–Trinajstić information content (AvgIpc) is 2.79. The van der Waals surface area contributed by atoms with Crippen LogP contribution in [0.4, 0.5) is 28.9 Å². The molecule has 1 aliphatic carbocycles. The topological polar surface area (TPSA) is 57.3 Å². The molecule has 1 saturated carbocycles. The van der Waals surface area contributed by atoms with Crippen LogP contribution in [0.15, 0.2) is 48.5 Å². The number of anilines is 2. The van der Waals surface area contributed by atoms with Crippen LogP contribution in [0.1, 0.15) is 41.7 Å². The number of pyridine rings is 1. The molecule has 1 heterocycles. The Morgan fingerprint density at radius 1 is 1.00 bits per heavy atom. The van der Waals surface area contributed by atoms with Gasteiger partial charge < -0.3 is 15.5 Å². The third kappa shape index (κ3) is 5.24. The number of benzene rings is 2. The maximum absolute atomic E-state index is 14.2. The Labute approximate surface area is 195 Å². The fourth-order valence-electron chi connectivity index (χ4n) is 4.32. The van der Waals surface area contributed by atoms with Gasteiger partial charge in [0.25, 0.3) is 5.91 Å². The Morgan fingerprint density at radius 3 is 2.32 bits per heavy atom. The average molecular weight is 475 g/mol. The number of carbonyl (C=O) groups is 1. The van der Waals surface area contributed by atoms with Crippen LogP contribution in [0.2, 0.25) is 0 Å². The zero-order valence-electron chi connectivity index (χ0n) is 18.9. The highest BCUT2D eigenvalue weighted by atomic mass is 19.4. The summed E-state index contributed by atoms with van der Waals surface area (Å²) < 4.78 is 54.2. The largest absolute Gasteiger partial charge is 0.433 e. The number of nitrogens with one attached hydrogen (secondary N) is 2. The fourth-order valence-corrected chi connectivity index (χ4v) is 4.32. The molecule has 2 N–H and O–H groups in total. The summed E-state index contributed by atoms with van der Waals surface area (Å²) in [6.07, 6.45) is -1.85. The van der Waals surface area contributed by atoms with Crippen molar-refractivity contribution < 1.29 is 22.4 Å². The van der Waals surface area contributed by atoms with E-state index in [0.717, 1.165) is 6.07 Å². The number of nitrogens with zero attached hydrogens (tertiary/aromatic N) is 2. The minimum Gasteiger partial charge on any atom is -0.382 e. The summed E-state index contributed by atoms with van der Waals surface area (Å²) in [7, 11) is 3.45. The van der Waals surface area contributed by atoms with E-state index in [4.69, 9.17) is 0 Å². The van der Waals surface area contributed by atoms with Crippen molar-refractivity contribution in [1.29, 1.82) is 0 Å². The van der Waals surface area contributed by atoms with Gasteiger partial charge in [-0.1, -0.05) is 18.2 Å². The Hall–Kier alpha value is -3.36. The Morgan fingerprint density at radius 2 is 1.68 bits per heavy atom. The molecular weight excluding hydrogens is 448 g/mol. The van der Waals surface area contributed by atoms with Crippen molar-refractivity contribution >= 4 is 28.2 Å². The van der Waals surface area contributed by atoms with E-state index in [1.165, 1.54) is 6.07 Å². The van der Waals surface area contributed by atoms with E-state index in [0.29, 0.717) is 42.4 Å². The molecule has 9 heteroatoms. The zero-order valence-corrected chi connectivity index (χ0v) is 18.9. The molecule has 1 aromatic heterocycles. The molecule has 1 aliphatic rings. The van der Waals surface area contributed by atoms with E-state index < -0.39 is 17.7 Å². The molecule has 0 bridgehead atoms. The minimum absolute atomic E-state index is 0.0307. The first kappa shape index (κ1) is 23.8. The number of carbonyl (C=O) groups excluding carboxylic acids is 1. The molecule has 0 saturated heterocycles. The number of alkyl halides is 3. The first-order valence-electron chi connectivity index (χ1n) is 11.1. The molecule has 5 nitrogen and oxygen atoms in total. The van der Waals surface area contributed by atoms with Gasteiger partial charge in [0.2, 0.25) is 0 Å². The van der Waals surface area contributed by atoms with Gasteiger partial charge in [-0.15, -0.1) is 0 Å². The Balaban J connectivity index is 1.40. The van der Waals surface area contributed by atoms with Crippen LogP contribution in [0.3, 0.4) is 0 Å². The van der Waals surface area contributed by atoms with Crippen molar-refractivity contribution in [3.63, 3.8) is 0 Å². The number of amides is 1. The third-order valence-corrected chi connectivity index (χ3v) is 6.12. The maximum Gasteiger partial charge on any atom is 0.433 e. The number of aromatic nitrogens is 1. The summed E-state index contributed by atoms with van der Waals surface area (Å²) in [5, 5.41) is 6.84. The van der Waals surface area contributed by atoms with Crippen LogP contribution in [0, 0.1) is 5.82 Å². The molecule has 0 spiro atoms. The molecule has 180 valence electrons. The number of halogens is 4. The lowest BCUT2D eigenvalue weighted by molar-refractivity contribution is -0.140. The highest BCUT2D eigenvalue weighted by molar-refractivity contribution is 5.95. The third-order valence-electron chi connectivity index (χ3n) is 6.12. The fraction of sp³-hybridized carbons (Fsp3) is 0.360. The summed E-state index contributed by atoms with van der Waals surface area (Å²) in [5.41, 5.74) is 0.420. The second-order valence-electron chi connectivity index (χ2n) is 8.80. The SMILES string of the molecule is CN(C)c1ccc(C(=O)N[C@H]2CC[C@@H](Nc3cc(C(F)(F)F)nc4ccccc34)CC2)cc1F. The zero-order chi connectivity index (χ0) is 24.5. The van der Waals surface area contributed by atoms with Crippen LogP contribution in [-0.2, 0) is 6.18 Å². The van der Waals surface area contributed by atoms with Crippen LogP contribution in [0.25, 0.3) is 10.9 Å². The second kappa shape index (κ2) is 9.48. The van der Waals surface area contributed by atoms with E-state index in [-0.39, 0.29) is 29.1 Å². The van der Waals surface area contributed by atoms with Crippen LogP contribution in [-0.4, -0.2) is 37.1 Å². The first-order valence-corrected chi connectivity index (χ1v) is 11.1. The standard InChI is InChI=1S/C25H26F4N4O/c1-33(2)22-12-7-15(13-19(22)26)24(34)31-17-10-8-16(9-11-17)30-21-14-23(25(27,28)29)32-20-6-4-3-5-18(20)21/h3-7,12-14,16-17H,8-11H2,1-2H3,(H,30,32)(H,31,34)/t16-,17+. The van der Waals surface area contributed by atoms with E-state index in [2.05, 4.69) is 15.6 Å². The van der Waals surface area contributed by atoms with E-state index in [1.54, 1.807) is 55.4 Å². The predicted molar refractivity (Wildman–Crippen MR) is 125 cm³/mol. The Bertz CT molecular complexity index is 1190. The lowest BCUT2D eigenvalue weighted by atomic mass is 9.90. The summed E-state index contributed by atoms with van der Waals surface area (Å²) >= 11 is 0. The first-order chi connectivity index (χ1) is 16.1. The normalized spacial score (nSPS) is 18.5. The van der Waals surface area contributed by atoms with Crippen LogP contribution < -0.4 is 15.5 Å². The van der Waals surface area contributed by atoms with Gasteiger partial charge >= 0.3 is 6.18 Å². The van der Waals surface area contributed by atoms with Gasteiger partial charge in [-0.25, -0.2) is 9.37 Å². The smallest absolute Gasteiger partial charge is 0.382 e. The van der Waals surface area contributed by atoms with Crippen molar-refractivity contribution in [2.45, 2.75) is 43.9 Å². The number of hydrogen-bond acceptors (Lipinski definition) is 4. The molecule has 4 rings (SSSR count). The molecule has 0 unspecified atom stereocenters. The number of rotatable bonds is 5. The lowest BCUT2D eigenvalue weighted by Crippen LogP contribution is -2.40. The van der Waals surface area contributed by atoms with E-state index in [1.807, 2.05) is 0 Å². The molecular formula is C25H26F4N4O. The van der Waals surface area contributed by atoms with E-state index in [9.17, 15) is 22.4 Å². The summed E-state index contributed by atoms with van der Waals surface area (Å²) in [6.45, 7) is 0. The summed E-state index contributed by atoms with van der Waals surface area (Å²) in [6, 6.07) is 12.1. The van der Waals surface area contributed by atoms with Crippen molar-refractivity contribution in [2.24, 2.45) is 0 Å². The lowest BCUT2D eigenvalue weighted by Gasteiger charge is -2.31. The molecule has 34 heavy (non-hydrogen) atoms. The summed E-state index contributed by atoms with van der Waals surface area (Å²) in [4.78, 5) is 18.0. The van der Waals surface area contributed by atoms with E-state index >= 15 is 0 Å². The molecule has 3 aromatic rings. The van der Waals surface area contributed by atoms with Crippen molar-refractivity contribution in [3.05, 3.63) is 65.6 Å². The second-order valence-corrected chi connectivity index (χ2v) is 8.80. The molecule has 0 radical (unpaired) electrons. The number of para-hydroxylation sites is 1. The molecule has 0 atom stereocenters. The van der Waals surface area contributed by atoms with Gasteiger partial charge in [-0.05, 0) is 56.0 Å². The maximum atomic E-state index is 14.2. The van der Waals surface area contributed by atoms with Gasteiger partial charge in [0, 0.05) is 42.8 Å². The van der Waals surface area contributed by atoms with Gasteiger partial charge in [0.1, 0.15) is 11.5 Å². The quantitative estimate of drug-likeness (QED) is 0.472. The van der Waals surface area contributed by atoms with Gasteiger partial charge in [-0.2, -0.15) is 13.2 Å². The van der Waals surface area contributed by atoms with Gasteiger partial charge in [0.05, 0.1) is 11.2 Å². The minimum atomic E-state index is -4.54. The molecule has 1 fully saturated rings. The van der Waals surface area contributed by atoms with Gasteiger partial charge in [0.15, 0.2) is 0 Å². The predicted octanol–water partition coefficient (Wildman–Crippen LogP) is 5.61. The van der Waals surface area contributed by atoms with Gasteiger partial charge in [-0.3, -0.25) is 4.79 Å². The van der Waals surface area contributed by atoms with Crippen molar-refractivity contribution in [3.8, 4) is 0 Å². The number of hydrogen-bond donors (Lipinski definition) is 2. The van der Waals surface area contributed by atoms with Crippen LogP contribution >= 0.6 is 0 Å². The molecule has 1 amide bonds. The monoisotopic (exact) mass is 474 g/mol. The highest BCUT2D eigenvalue weighted by Crippen LogP contribution is 2.34. The molecule has 2 aromatic carbocycles. The Kier molecular flexibility index (Phi) is 6.63.